The number of rotatable bonds is 8. The van der Waals surface area contributed by atoms with Gasteiger partial charge in [0.15, 0.2) is 0 Å². The number of urea groups is 1. The van der Waals surface area contributed by atoms with Crippen LogP contribution in [0.3, 0.4) is 0 Å². The first kappa shape index (κ1) is 17.5. The zero-order chi connectivity index (χ0) is 15.7. The Hall–Kier alpha value is -1.59. The van der Waals surface area contributed by atoms with Crippen molar-refractivity contribution in [2.24, 2.45) is 0 Å². The van der Waals surface area contributed by atoms with Crippen molar-refractivity contribution < 1.29 is 9.53 Å². The van der Waals surface area contributed by atoms with Gasteiger partial charge < -0.3 is 20.7 Å². The zero-order valence-corrected chi connectivity index (χ0v) is 13.4. The van der Waals surface area contributed by atoms with Crippen LogP contribution in [0, 0.1) is 0 Å². The molecule has 0 aromatic heterocycles. The third-order valence-electron chi connectivity index (χ3n) is 3.10. The third-order valence-corrected chi connectivity index (χ3v) is 3.10. The first-order valence-corrected chi connectivity index (χ1v) is 7.55. The standard InChI is InChI=1S/C16H27N3O2/c1-5-17-13(4)14-8-7-9-15(10-14)19-16(20)18-12(3)11-21-6-2/h7-10,12-13,17H,5-6,11H2,1-4H3,(H2,18,19,20). The quantitative estimate of drug-likeness (QED) is 0.690. The number of benzene rings is 1. The lowest BCUT2D eigenvalue weighted by Crippen LogP contribution is -2.38. The first-order chi connectivity index (χ1) is 10.1. The van der Waals surface area contributed by atoms with E-state index in [2.05, 4.69) is 29.8 Å². The molecule has 0 aliphatic carbocycles. The first-order valence-electron chi connectivity index (χ1n) is 7.55. The summed E-state index contributed by atoms with van der Waals surface area (Å²) in [6, 6.07) is 7.90. The molecule has 5 heteroatoms. The maximum Gasteiger partial charge on any atom is 0.319 e. The van der Waals surface area contributed by atoms with Gasteiger partial charge in [-0.25, -0.2) is 4.79 Å². The maximum atomic E-state index is 11.9. The Morgan fingerprint density at radius 1 is 1.29 bits per heavy atom. The lowest BCUT2D eigenvalue weighted by Gasteiger charge is -2.16. The molecule has 1 rings (SSSR count). The summed E-state index contributed by atoms with van der Waals surface area (Å²) in [5.74, 6) is 0. The topological polar surface area (TPSA) is 62.4 Å². The molecule has 0 fully saturated rings. The molecule has 1 aromatic carbocycles. The molecule has 2 amide bonds. The zero-order valence-electron chi connectivity index (χ0n) is 13.4. The summed E-state index contributed by atoms with van der Waals surface area (Å²) in [4.78, 5) is 11.9. The van der Waals surface area contributed by atoms with E-state index in [0.717, 1.165) is 17.8 Å². The van der Waals surface area contributed by atoms with Crippen LogP contribution >= 0.6 is 0 Å². The summed E-state index contributed by atoms with van der Waals surface area (Å²) < 4.78 is 5.27. The number of ether oxygens (including phenoxy) is 1. The number of hydrogen-bond acceptors (Lipinski definition) is 3. The molecule has 21 heavy (non-hydrogen) atoms. The molecule has 0 heterocycles. The van der Waals surface area contributed by atoms with E-state index in [1.807, 2.05) is 38.1 Å². The van der Waals surface area contributed by atoms with E-state index in [9.17, 15) is 4.79 Å². The molecule has 1 aromatic rings. The highest BCUT2D eigenvalue weighted by Gasteiger charge is 2.09. The van der Waals surface area contributed by atoms with Crippen molar-refractivity contribution in [3.8, 4) is 0 Å². The van der Waals surface area contributed by atoms with Crippen molar-refractivity contribution in [1.82, 2.24) is 10.6 Å². The van der Waals surface area contributed by atoms with Crippen molar-refractivity contribution >= 4 is 11.7 Å². The number of amides is 2. The van der Waals surface area contributed by atoms with Crippen molar-refractivity contribution in [3.05, 3.63) is 29.8 Å². The van der Waals surface area contributed by atoms with Crippen LogP contribution in [0.2, 0.25) is 0 Å². The van der Waals surface area contributed by atoms with Gasteiger partial charge >= 0.3 is 6.03 Å². The molecule has 2 unspecified atom stereocenters. The summed E-state index contributed by atoms with van der Waals surface area (Å²) >= 11 is 0. The van der Waals surface area contributed by atoms with Crippen molar-refractivity contribution in [2.45, 2.75) is 39.8 Å². The fourth-order valence-corrected chi connectivity index (χ4v) is 2.04. The Balaban J connectivity index is 2.54. The molecule has 3 N–H and O–H groups in total. The maximum absolute atomic E-state index is 11.9. The van der Waals surface area contributed by atoms with E-state index >= 15 is 0 Å². The van der Waals surface area contributed by atoms with Crippen LogP contribution in [0.25, 0.3) is 0 Å². The van der Waals surface area contributed by atoms with Gasteiger partial charge in [-0.1, -0.05) is 19.1 Å². The highest BCUT2D eigenvalue weighted by atomic mass is 16.5. The summed E-state index contributed by atoms with van der Waals surface area (Å²) in [6.45, 7) is 10.1. The number of carbonyl (C=O) groups excluding carboxylic acids is 1. The minimum Gasteiger partial charge on any atom is -0.380 e. The van der Waals surface area contributed by atoms with Gasteiger partial charge in [0, 0.05) is 18.3 Å². The average Bonchev–Trinajstić information content (AvgIpc) is 2.45. The Morgan fingerprint density at radius 3 is 2.71 bits per heavy atom. The van der Waals surface area contributed by atoms with Crippen molar-refractivity contribution in [1.29, 1.82) is 0 Å². The van der Waals surface area contributed by atoms with Crippen LogP contribution in [-0.4, -0.2) is 31.8 Å². The van der Waals surface area contributed by atoms with Gasteiger partial charge in [0.1, 0.15) is 0 Å². The third kappa shape index (κ3) is 6.60. The molecule has 0 saturated heterocycles. The second-order valence-electron chi connectivity index (χ2n) is 5.06. The molecule has 0 bridgehead atoms. The molecule has 5 nitrogen and oxygen atoms in total. The fraction of sp³-hybridized carbons (Fsp3) is 0.562. The molecule has 0 aliphatic heterocycles. The predicted octanol–water partition coefficient (Wildman–Crippen LogP) is 2.90. The molecule has 2 atom stereocenters. The van der Waals surface area contributed by atoms with Crippen LogP contribution < -0.4 is 16.0 Å². The lowest BCUT2D eigenvalue weighted by atomic mass is 10.1. The molecule has 0 radical (unpaired) electrons. The smallest absolute Gasteiger partial charge is 0.319 e. The molecule has 118 valence electrons. The number of hydrogen-bond donors (Lipinski definition) is 3. The summed E-state index contributed by atoms with van der Waals surface area (Å²) in [5, 5.41) is 9.05. The second kappa shape index (κ2) is 9.37. The molecule has 0 aliphatic rings. The van der Waals surface area contributed by atoms with Crippen molar-refractivity contribution in [2.75, 3.05) is 25.1 Å². The van der Waals surface area contributed by atoms with E-state index in [-0.39, 0.29) is 18.1 Å². The van der Waals surface area contributed by atoms with Crippen molar-refractivity contribution in [3.63, 3.8) is 0 Å². The van der Waals surface area contributed by atoms with E-state index < -0.39 is 0 Å². The normalized spacial score (nSPS) is 13.5. The van der Waals surface area contributed by atoms with E-state index in [4.69, 9.17) is 4.74 Å². The Bertz CT molecular complexity index is 437. The minimum absolute atomic E-state index is 0.0196. The van der Waals surface area contributed by atoms with Crippen LogP contribution in [-0.2, 0) is 4.74 Å². The summed E-state index contributed by atoms with van der Waals surface area (Å²) in [6.07, 6.45) is 0. The lowest BCUT2D eigenvalue weighted by molar-refractivity contribution is 0.129. The number of nitrogens with one attached hydrogen (secondary N) is 3. The number of carbonyl (C=O) groups is 1. The Labute approximate surface area is 127 Å². The molecule has 0 saturated carbocycles. The SMILES string of the molecule is CCNC(C)c1cccc(NC(=O)NC(C)COCC)c1. The van der Waals surface area contributed by atoms with Gasteiger partial charge in [-0.3, -0.25) is 0 Å². The Morgan fingerprint density at radius 2 is 2.05 bits per heavy atom. The van der Waals surface area contributed by atoms with Crippen LogP contribution in [0.5, 0.6) is 0 Å². The monoisotopic (exact) mass is 293 g/mol. The summed E-state index contributed by atoms with van der Waals surface area (Å²) in [7, 11) is 0. The van der Waals surface area contributed by atoms with Gasteiger partial charge in [0.25, 0.3) is 0 Å². The van der Waals surface area contributed by atoms with Gasteiger partial charge in [0.05, 0.1) is 12.6 Å². The van der Waals surface area contributed by atoms with Gasteiger partial charge in [-0.2, -0.15) is 0 Å². The highest BCUT2D eigenvalue weighted by Crippen LogP contribution is 2.17. The Kier molecular flexibility index (Phi) is 7.79. The van der Waals surface area contributed by atoms with E-state index in [0.29, 0.717) is 13.2 Å². The molecular weight excluding hydrogens is 266 g/mol. The van der Waals surface area contributed by atoms with Crippen LogP contribution in [0.15, 0.2) is 24.3 Å². The van der Waals surface area contributed by atoms with Gasteiger partial charge in [-0.05, 0) is 45.0 Å². The highest BCUT2D eigenvalue weighted by molar-refractivity contribution is 5.89. The molecular formula is C16H27N3O2. The van der Waals surface area contributed by atoms with E-state index in [1.165, 1.54) is 0 Å². The average molecular weight is 293 g/mol. The van der Waals surface area contributed by atoms with Crippen LogP contribution in [0.1, 0.15) is 39.3 Å². The largest absolute Gasteiger partial charge is 0.380 e. The summed E-state index contributed by atoms with van der Waals surface area (Å²) in [5.41, 5.74) is 1.94. The second-order valence-corrected chi connectivity index (χ2v) is 5.06. The fourth-order valence-electron chi connectivity index (χ4n) is 2.04. The van der Waals surface area contributed by atoms with Gasteiger partial charge in [-0.15, -0.1) is 0 Å². The van der Waals surface area contributed by atoms with Crippen LogP contribution in [0.4, 0.5) is 10.5 Å². The minimum atomic E-state index is -0.213. The van der Waals surface area contributed by atoms with Gasteiger partial charge in [0.2, 0.25) is 0 Å². The van der Waals surface area contributed by atoms with E-state index in [1.54, 1.807) is 0 Å². The molecule has 0 spiro atoms. The number of anilines is 1. The predicted molar refractivity (Wildman–Crippen MR) is 86.6 cm³/mol.